The van der Waals surface area contributed by atoms with Crippen molar-refractivity contribution in [3.63, 3.8) is 0 Å². The summed E-state index contributed by atoms with van der Waals surface area (Å²) in [5.41, 5.74) is 0.839. The number of hydrogen-bond acceptors (Lipinski definition) is 3. The second-order valence-corrected chi connectivity index (χ2v) is 6.02. The molecule has 1 aromatic carbocycles. The average molecular weight is 379 g/mol. The number of carbonyl (C=O) groups excluding carboxylic acids is 1. The molecule has 0 atom stereocenters. The van der Waals surface area contributed by atoms with E-state index in [4.69, 9.17) is 4.74 Å². The number of aromatic nitrogens is 1. The smallest absolute Gasteiger partial charge is 0.251 e. The number of benzene rings is 1. The Kier molecular flexibility index (Phi) is 6.55. The minimum Gasteiger partial charge on any atom is -0.383 e. The number of rotatable bonds is 7. The van der Waals surface area contributed by atoms with Crippen molar-refractivity contribution >= 4 is 21.8 Å². The summed E-state index contributed by atoms with van der Waals surface area (Å²) in [6.45, 7) is 1.43. The van der Waals surface area contributed by atoms with Gasteiger partial charge in [-0.1, -0.05) is 30.3 Å². The molecule has 2 rings (SSSR count). The third-order valence-corrected chi connectivity index (χ3v) is 3.86. The van der Waals surface area contributed by atoms with Crippen LogP contribution in [0.4, 0.5) is 0 Å². The molecule has 0 aliphatic carbocycles. The van der Waals surface area contributed by atoms with Gasteiger partial charge in [-0.2, -0.15) is 0 Å². The molecule has 0 fully saturated rings. The molecule has 1 amide bonds. The van der Waals surface area contributed by atoms with Gasteiger partial charge in [0.05, 0.1) is 6.61 Å². The van der Waals surface area contributed by atoms with Gasteiger partial charge in [-0.15, -0.1) is 0 Å². The van der Waals surface area contributed by atoms with E-state index < -0.39 is 0 Å². The molecule has 0 bridgehead atoms. The van der Waals surface area contributed by atoms with Gasteiger partial charge in [0.2, 0.25) is 5.91 Å². The Bertz CT molecular complexity index is 700. The predicted octanol–water partition coefficient (Wildman–Crippen LogP) is 2.29. The predicted molar refractivity (Wildman–Crippen MR) is 92.1 cm³/mol. The summed E-state index contributed by atoms with van der Waals surface area (Å²) in [6.07, 6.45) is 1.62. The van der Waals surface area contributed by atoms with Crippen molar-refractivity contribution in [3.8, 4) is 0 Å². The number of amides is 1. The third-order valence-electron chi connectivity index (χ3n) is 3.39. The molecule has 2 aromatic rings. The molecule has 1 heterocycles. The fraction of sp³-hybridized carbons (Fsp3) is 0.294. The first-order valence-corrected chi connectivity index (χ1v) is 8.06. The number of halogens is 1. The van der Waals surface area contributed by atoms with Gasteiger partial charge >= 0.3 is 0 Å². The highest BCUT2D eigenvalue weighted by Gasteiger charge is 2.15. The quantitative estimate of drug-likeness (QED) is 0.742. The maximum Gasteiger partial charge on any atom is 0.251 e. The van der Waals surface area contributed by atoms with Crippen molar-refractivity contribution in [2.75, 3.05) is 20.3 Å². The number of ether oxygens (including phenoxy) is 1. The van der Waals surface area contributed by atoms with Crippen LogP contribution in [0.15, 0.2) is 57.9 Å². The topological polar surface area (TPSA) is 51.5 Å². The molecule has 6 heteroatoms. The van der Waals surface area contributed by atoms with Crippen LogP contribution in [0.5, 0.6) is 0 Å². The largest absolute Gasteiger partial charge is 0.383 e. The lowest BCUT2D eigenvalue weighted by atomic mass is 10.2. The molecule has 0 aliphatic rings. The first kappa shape index (κ1) is 17.4. The van der Waals surface area contributed by atoms with Crippen LogP contribution in [0, 0.1) is 0 Å². The van der Waals surface area contributed by atoms with Gasteiger partial charge in [0.15, 0.2) is 0 Å². The van der Waals surface area contributed by atoms with Crippen LogP contribution in [0.1, 0.15) is 5.56 Å². The number of carbonyl (C=O) groups is 1. The van der Waals surface area contributed by atoms with E-state index in [2.05, 4.69) is 15.9 Å². The van der Waals surface area contributed by atoms with E-state index in [1.807, 2.05) is 30.3 Å². The Morgan fingerprint density at radius 2 is 1.96 bits per heavy atom. The van der Waals surface area contributed by atoms with Gasteiger partial charge in [0.25, 0.3) is 5.56 Å². The second kappa shape index (κ2) is 8.64. The number of pyridine rings is 1. The molecule has 5 nitrogen and oxygen atoms in total. The van der Waals surface area contributed by atoms with Crippen molar-refractivity contribution in [1.29, 1.82) is 0 Å². The van der Waals surface area contributed by atoms with Crippen molar-refractivity contribution in [3.05, 3.63) is 69.1 Å². The van der Waals surface area contributed by atoms with E-state index in [0.717, 1.165) is 10.0 Å². The Hall–Kier alpha value is -1.92. The van der Waals surface area contributed by atoms with Crippen LogP contribution >= 0.6 is 15.9 Å². The van der Waals surface area contributed by atoms with Crippen LogP contribution in [-0.4, -0.2) is 35.6 Å². The standard InChI is InChI=1S/C17H19BrN2O3/c1-23-10-9-19(11-14-5-3-2-4-6-14)17(22)13-20-12-15(18)7-8-16(20)21/h2-8,12H,9-11,13H2,1H3. The summed E-state index contributed by atoms with van der Waals surface area (Å²) in [6, 6.07) is 12.9. The summed E-state index contributed by atoms with van der Waals surface area (Å²) in [4.78, 5) is 26.1. The number of hydrogen-bond donors (Lipinski definition) is 0. The van der Waals surface area contributed by atoms with Crippen molar-refractivity contribution in [1.82, 2.24) is 9.47 Å². The molecule has 122 valence electrons. The van der Waals surface area contributed by atoms with Crippen LogP contribution in [0.3, 0.4) is 0 Å². The van der Waals surface area contributed by atoms with E-state index in [9.17, 15) is 9.59 Å². The molecule has 0 aliphatic heterocycles. The summed E-state index contributed by atoms with van der Waals surface area (Å²) >= 11 is 3.31. The Balaban J connectivity index is 2.12. The zero-order chi connectivity index (χ0) is 16.7. The van der Waals surface area contributed by atoms with E-state index >= 15 is 0 Å². The maximum absolute atomic E-state index is 12.6. The monoisotopic (exact) mass is 378 g/mol. The van der Waals surface area contributed by atoms with Gasteiger partial charge in [-0.3, -0.25) is 9.59 Å². The van der Waals surface area contributed by atoms with Gasteiger partial charge in [0.1, 0.15) is 6.54 Å². The van der Waals surface area contributed by atoms with Crippen molar-refractivity contribution in [2.45, 2.75) is 13.1 Å². The van der Waals surface area contributed by atoms with Crippen LogP contribution in [-0.2, 0) is 22.6 Å². The average Bonchev–Trinajstić information content (AvgIpc) is 2.55. The summed E-state index contributed by atoms with van der Waals surface area (Å²) in [7, 11) is 1.60. The fourth-order valence-corrected chi connectivity index (χ4v) is 2.55. The van der Waals surface area contributed by atoms with Crippen LogP contribution in [0.2, 0.25) is 0 Å². The van der Waals surface area contributed by atoms with Crippen LogP contribution in [0.25, 0.3) is 0 Å². The highest BCUT2D eigenvalue weighted by Crippen LogP contribution is 2.08. The molecule has 23 heavy (non-hydrogen) atoms. The molecular weight excluding hydrogens is 360 g/mol. The van der Waals surface area contributed by atoms with Gasteiger partial charge < -0.3 is 14.2 Å². The lowest BCUT2D eigenvalue weighted by Gasteiger charge is -2.23. The fourth-order valence-electron chi connectivity index (χ4n) is 2.17. The molecule has 0 N–H and O–H groups in total. The maximum atomic E-state index is 12.6. The van der Waals surface area contributed by atoms with E-state index in [1.165, 1.54) is 10.6 Å². The highest BCUT2D eigenvalue weighted by molar-refractivity contribution is 9.10. The van der Waals surface area contributed by atoms with Gasteiger partial charge in [-0.25, -0.2) is 0 Å². The number of methoxy groups -OCH3 is 1. The zero-order valence-corrected chi connectivity index (χ0v) is 14.5. The Labute approximate surface area is 143 Å². The molecule has 0 radical (unpaired) electrons. The molecule has 0 unspecified atom stereocenters. The van der Waals surface area contributed by atoms with Crippen molar-refractivity contribution < 1.29 is 9.53 Å². The first-order valence-electron chi connectivity index (χ1n) is 7.27. The number of nitrogens with zero attached hydrogens (tertiary/aromatic N) is 2. The highest BCUT2D eigenvalue weighted by atomic mass is 79.9. The summed E-state index contributed by atoms with van der Waals surface area (Å²) in [5, 5.41) is 0. The van der Waals surface area contributed by atoms with Crippen LogP contribution < -0.4 is 5.56 Å². The molecule has 0 saturated carbocycles. The Morgan fingerprint density at radius 1 is 1.22 bits per heavy atom. The van der Waals surface area contributed by atoms with Gasteiger partial charge in [-0.05, 0) is 27.6 Å². The first-order chi connectivity index (χ1) is 11.1. The molecule has 1 aromatic heterocycles. The third kappa shape index (κ3) is 5.33. The zero-order valence-electron chi connectivity index (χ0n) is 12.9. The molecule has 0 saturated heterocycles. The normalized spacial score (nSPS) is 10.5. The van der Waals surface area contributed by atoms with E-state index in [1.54, 1.807) is 24.3 Å². The summed E-state index contributed by atoms with van der Waals surface area (Å²) in [5.74, 6) is -0.119. The molecule has 0 spiro atoms. The lowest BCUT2D eigenvalue weighted by Crippen LogP contribution is -2.37. The SMILES string of the molecule is COCCN(Cc1ccccc1)C(=O)Cn1cc(Br)ccc1=O. The minimum absolute atomic E-state index is 0.00875. The van der Waals surface area contributed by atoms with E-state index in [0.29, 0.717) is 19.7 Å². The molecular formula is C17H19BrN2O3. The second-order valence-electron chi connectivity index (χ2n) is 5.11. The van der Waals surface area contributed by atoms with Crippen molar-refractivity contribution in [2.24, 2.45) is 0 Å². The minimum atomic E-state index is -0.201. The Morgan fingerprint density at radius 3 is 2.65 bits per heavy atom. The lowest BCUT2D eigenvalue weighted by molar-refractivity contribution is -0.133. The van der Waals surface area contributed by atoms with E-state index in [-0.39, 0.29) is 18.0 Å². The van der Waals surface area contributed by atoms with Gasteiger partial charge in [0, 0.05) is 36.9 Å². The summed E-state index contributed by atoms with van der Waals surface area (Å²) < 4.78 is 7.24.